The molecular weight excluding hydrogens is 322 g/mol. The first-order valence-electron chi connectivity index (χ1n) is 7.33. The van der Waals surface area contributed by atoms with Gasteiger partial charge < -0.3 is 14.2 Å². The van der Waals surface area contributed by atoms with Gasteiger partial charge in [0.1, 0.15) is 23.3 Å². The second-order valence-electron chi connectivity index (χ2n) is 4.84. The van der Waals surface area contributed by atoms with Gasteiger partial charge in [0.05, 0.1) is 26.0 Å². The number of amides is 1. The van der Waals surface area contributed by atoms with Gasteiger partial charge in [-0.05, 0) is 24.3 Å². The van der Waals surface area contributed by atoms with Crippen LogP contribution in [-0.2, 0) is 4.79 Å². The molecule has 0 aliphatic carbocycles. The van der Waals surface area contributed by atoms with Gasteiger partial charge in [-0.2, -0.15) is 10.4 Å². The van der Waals surface area contributed by atoms with Gasteiger partial charge in [-0.1, -0.05) is 12.1 Å². The van der Waals surface area contributed by atoms with Gasteiger partial charge in [0.25, 0.3) is 5.91 Å². The Hall–Kier alpha value is -3.53. The van der Waals surface area contributed by atoms with Crippen LogP contribution in [0.15, 0.2) is 47.6 Å². The molecule has 1 N–H and O–H groups in total. The fourth-order valence-electron chi connectivity index (χ4n) is 1.94. The van der Waals surface area contributed by atoms with Crippen molar-refractivity contribution in [3.05, 3.63) is 53.6 Å². The molecule has 7 nitrogen and oxygen atoms in total. The first kappa shape index (κ1) is 17.8. The van der Waals surface area contributed by atoms with Gasteiger partial charge in [0.15, 0.2) is 6.61 Å². The van der Waals surface area contributed by atoms with Crippen LogP contribution in [0.4, 0.5) is 0 Å². The molecule has 0 bridgehead atoms. The van der Waals surface area contributed by atoms with E-state index in [-0.39, 0.29) is 6.61 Å². The van der Waals surface area contributed by atoms with E-state index in [1.54, 1.807) is 56.7 Å². The molecule has 2 aromatic rings. The van der Waals surface area contributed by atoms with Gasteiger partial charge in [-0.25, -0.2) is 5.43 Å². The molecule has 0 fully saturated rings. The Bertz CT molecular complexity index is 790. The summed E-state index contributed by atoms with van der Waals surface area (Å²) < 4.78 is 15.6. The number of rotatable bonds is 7. The third-order valence-corrected chi connectivity index (χ3v) is 3.14. The van der Waals surface area contributed by atoms with E-state index < -0.39 is 5.91 Å². The molecule has 0 aliphatic rings. The highest BCUT2D eigenvalue weighted by atomic mass is 16.5. The average Bonchev–Trinajstić information content (AvgIpc) is 2.66. The first-order chi connectivity index (χ1) is 12.2. The number of carbonyl (C=O) groups is 1. The second-order valence-corrected chi connectivity index (χ2v) is 4.84. The van der Waals surface area contributed by atoms with Gasteiger partial charge in [-0.3, -0.25) is 4.79 Å². The fraction of sp³-hybridized carbons (Fsp3) is 0.167. The molecule has 2 aromatic carbocycles. The number of benzene rings is 2. The molecule has 128 valence electrons. The number of hydrogen-bond acceptors (Lipinski definition) is 6. The Balaban J connectivity index is 1.91. The first-order valence-corrected chi connectivity index (χ1v) is 7.33. The van der Waals surface area contributed by atoms with Crippen molar-refractivity contribution >= 4 is 12.1 Å². The molecule has 0 saturated heterocycles. The molecule has 2 rings (SSSR count). The van der Waals surface area contributed by atoms with Crippen molar-refractivity contribution in [1.29, 1.82) is 5.26 Å². The third kappa shape index (κ3) is 5.25. The number of carbonyl (C=O) groups excluding carboxylic acids is 1. The molecule has 7 heteroatoms. The normalized spacial score (nSPS) is 10.1. The standard InChI is InChI=1S/C18H17N3O4/c1-23-15-7-13(8-16(9-15)24-2)11-20-21-18(22)12-25-17-6-4-3-5-14(17)10-19/h3-9,11H,12H2,1-2H3,(H,21,22)/b20-11-. The number of ether oxygens (including phenoxy) is 3. The quantitative estimate of drug-likeness (QED) is 0.616. The van der Waals surface area contributed by atoms with Gasteiger partial charge >= 0.3 is 0 Å². The molecule has 0 spiro atoms. The summed E-state index contributed by atoms with van der Waals surface area (Å²) in [5, 5.41) is 12.8. The van der Waals surface area contributed by atoms with Crippen molar-refractivity contribution in [2.75, 3.05) is 20.8 Å². The van der Waals surface area contributed by atoms with Gasteiger partial charge in [0, 0.05) is 11.6 Å². The lowest BCUT2D eigenvalue weighted by atomic mass is 10.2. The molecular formula is C18H17N3O4. The lowest BCUT2D eigenvalue weighted by Gasteiger charge is -2.07. The third-order valence-electron chi connectivity index (χ3n) is 3.14. The van der Waals surface area contributed by atoms with E-state index in [1.165, 1.54) is 6.21 Å². The molecule has 0 aliphatic heterocycles. The van der Waals surface area contributed by atoms with Crippen molar-refractivity contribution in [2.24, 2.45) is 5.10 Å². The Labute approximate surface area is 145 Å². The van der Waals surface area contributed by atoms with Crippen molar-refractivity contribution in [3.8, 4) is 23.3 Å². The largest absolute Gasteiger partial charge is 0.497 e. The van der Waals surface area contributed by atoms with Crippen LogP contribution in [0.1, 0.15) is 11.1 Å². The number of nitrogens with zero attached hydrogens (tertiary/aromatic N) is 2. The number of hydrazone groups is 1. The molecule has 1 amide bonds. The number of nitrogens with one attached hydrogen (secondary N) is 1. The van der Waals surface area contributed by atoms with Crippen molar-refractivity contribution < 1.29 is 19.0 Å². The van der Waals surface area contributed by atoms with Gasteiger partial charge in [-0.15, -0.1) is 0 Å². The maximum Gasteiger partial charge on any atom is 0.277 e. The van der Waals surface area contributed by atoms with Crippen LogP contribution in [-0.4, -0.2) is 32.9 Å². The Morgan fingerprint density at radius 1 is 1.20 bits per heavy atom. The van der Waals surface area contributed by atoms with Crippen LogP contribution in [0.5, 0.6) is 17.2 Å². The van der Waals surface area contributed by atoms with E-state index in [0.717, 1.165) is 0 Å². The minimum atomic E-state index is -0.446. The molecule has 0 unspecified atom stereocenters. The molecule has 25 heavy (non-hydrogen) atoms. The summed E-state index contributed by atoms with van der Waals surface area (Å²) >= 11 is 0. The zero-order valence-corrected chi connectivity index (χ0v) is 13.9. The average molecular weight is 339 g/mol. The van der Waals surface area contributed by atoms with E-state index in [4.69, 9.17) is 19.5 Å². The summed E-state index contributed by atoms with van der Waals surface area (Å²) in [6, 6.07) is 13.9. The lowest BCUT2D eigenvalue weighted by Crippen LogP contribution is -2.24. The smallest absolute Gasteiger partial charge is 0.277 e. The van der Waals surface area contributed by atoms with Crippen LogP contribution in [0, 0.1) is 11.3 Å². The number of methoxy groups -OCH3 is 2. The topological polar surface area (TPSA) is 92.9 Å². The van der Waals surface area contributed by atoms with Crippen LogP contribution < -0.4 is 19.6 Å². The van der Waals surface area contributed by atoms with Crippen LogP contribution >= 0.6 is 0 Å². The fourth-order valence-corrected chi connectivity index (χ4v) is 1.94. The Morgan fingerprint density at radius 3 is 2.52 bits per heavy atom. The summed E-state index contributed by atoms with van der Waals surface area (Å²) in [6.45, 7) is -0.253. The number of hydrogen-bond donors (Lipinski definition) is 1. The maximum atomic E-state index is 11.8. The molecule has 0 saturated carbocycles. The highest BCUT2D eigenvalue weighted by Crippen LogP contribution is 2.21. The van der Waals surface area contributed by atoms with E-state index in [2.05, 4.69) is 10.5 Å². The van der Waals surface area contributed by atoms with E-state index in [9.17, 15) is 4.79 Å². The van der Waals surface area contributed by atoms with E-state index in [1.807, 2.05) is 6.07 Å². The summed E-state index contributed by atoms with van der Waals surface area (Å²) in [6.07, 6.45) is 1.46. The molecule has 0 atom stereocenters. The Kier molecular flexibility index (Phi) is 6.37. The molecule has 0 radical (unpaired) electrons. The molecule has 0 heterocycles. The minimum absolute atomic E-state index is 0.253. The summed E-state index contributed by atoms with van der Waals surface area (Å²) in [7, 11) is 3.10. The van der Waals surface area contributed by atoms with Crippen molar-refractivity contribution in [3.63, 3.8) is 0 Å². The SMILES string of the molecule is COc1cc(/C=N\NC(=O)COc2ccccc2C#N)cc(OC)c1. The second kappa shape index (κ2) is 8.93. The summed E-state index contributed by atoms with van der Waals surface area (Å²) in [4.78, 5) is 11.8. The highest BCUT2D eigenvalue weighted by Gasteiger charge is 2.05. The van der Waals surface area contributed by atoms with Crippen LogP contribution in [0.3, 0.4) is 0 Å². The maximum absolute atomic E-state index is 11.8. The highest BCUT2D eigenvalue weighted by molar-refractivity contribution is 5.83. The number of para-hydroxylation sites is 1. The van der Waals surface area contributed by atoms with Crippen molar-refractivity contribution in [2.45, 2.75) is 0 Å². The minimum Gasteiger partial charge on any atom is -0.497 e. The van der Waals surface area contributed by atoms with Crippen LogP contribution in [0.2, 0.25) is 0 Å². The van der Waals surface area contributed by atoms with E-state index in [0.29, 0.717) is 28.4 Å². The van der Waals surface area contributed by atoms with Crippen LogP contribution in [0.25, 0.3) is 0 Å². The van der Waals surface area contributed by atoms with E-state index >= 15 is 0 Å². The predicted molar refractivity (Wildman–Crippen MR) is 91.9 cm³/mol. The van der Waals surface area contributed by atoms with Gasteiger partial charge in [0.2, 0.25) is 0 Å². The predicted octanol–water partition coefficient (Wildman–Crippen LogP) is 2.10. The monoisotopic (exact) mass is 339 g/mol. The lowest BCUT2D eigenvalue weighted by molar-refractivity contribution is -0.123. The summed E-state index contributed by atoms with van der Waals surface area (Å²) in [5.74, 6) is 1.13. The zero-order chi connectivity index (χ0) is 18.1. The molecule has 0 aromatic heterocycles. The Morgan fingerprint density at radius 2 is 1.88 bits per heavy atom. The zero-order valence-electron chi connectivity index (χ0n) is 13.9. The number of nitriles is 1. The summed E-state index contributed by atoms with van der Waals surface area (Å²) in [5.41, 5.74) is 3.42. The van der Waals surface area contributed by atoms with Crippen molar-refractivity contribution in [1.82, 2.24) is 5.43 Å².